The van der Waals surface area contributed by atoms with Gasteiger partial charge in [0.05, 0.1) is 0 Å². The second kappa shape index (κ2) is 17.4. The molecule has 3 N–H and O–H groups in total. The molecule has 3 aromatic rings. The van der Waals surface area contributed by atoms with Crippen molar-refractivity contribution in [2.75, 3.05) is 17.2 Å². The summed E-state index contributed by atoms with van der Waals surface area (Å²) >= 11 is 7.00. The van der Waals surface area contributed by atoms with Crippen molar-refractivity contribution in [1.82, 2.24) is 10.2 Å². The molecule has 12 heteroatoms. The molecule has 1 aliphatic heterocycles. The molecular weight excluding hydrogens is 744 g/mol. The smallest absolute Gasteiger partial charge is 0.329 e. The lowest BCUT2D eigenvalue weighted by molar-refractivity contribution is -0.158. The molecule has 0 radical (unpaired) electrons. The lowest BCUT2D eigenvalue weighted by Crippen LogP contribution is -2.64. The maximum atomic E-state index is 14.3. The van der Waals surface area contributed by atoms with Crippen LogP contribution in [-0.4, -0.2) is 57.9 Å². The molecule has 3 atom stereocenters. The van der Waals surface area contributed by atoms with Gasteiger partial charge in [0.15, 0.2) is 11.9 Å². The molecule has 1 heterocycles. The van der Waals surface area contributed by atoms with Crippen LogP contribution in [0.25, 0.3) is 0 Å². The van der Waals surface area contributed by atoms with Crippen molar-refractivity contribution in [3.63, 3.8) is 0 Å². The number of imide groups is 1. The van der Waals surface area contributed by atoms with Gasteiger partial charge in [0.2, 0.25) is 5.72 Å². The van der Waals surface area contributed by atoms with Crippen LogP contribution < -0.4 is 20.7 Å². The molecule has 0 spiro atoms. The van der Waals surface area contributed by atoms with Crippen molar-refractivity contribution in [1.29, 1.82) is 0 Å². The second-order valence-corrected chi connectivity index (χ2v) is 17.5. The van der Waals surface area contributed by atoms with Gasteiger partial charge in [-0.2, -0.15) is 0 Å². The zero-order valence-corrected chi connectivity index (χ0v) is 36.0. The van der Waals surface area contributed by atoms with Gasteiger partial charge in [0.25, 0.3) is 22.7 Å². The number of nitrogens with one attached hydrogen (secondary N) is 3. The summed E-state index contributed by atoms with van der Waals surface area (Å²) < 4.78 is 12.3. The van der Waals surface area contributed by atoms with E-state index in [0.717, 1.165) is 18.4 Å². The Labute approximate surface area is 342 Å². The SMILES string of the molecule is CCOC1(Cc2ccccc2)NC(=O)N(C(Cl)(C(=O)Nc2cccc(NC(=O)C(CC)Oc3ccc(C(C)(C)CC)cc3C(C)(C)CC)c2)C(=O)C(C)(C)C)C1=O. The van der Waals surface area contributed by atoms with Crippen LogP contribution in [0.2, 0.25) is 0 Å². The van der Waals surface area contributed by atoms with E-state index in [2.05, 4.69) is 69.6 Å². The summed E-state index contributed by atoms with van der Waals surface area (Å²) in [4.78, 5) is 67.7. The van der Waals surface area contributed by atoms with E-state index >= 15 is 0 Å². The first-order chi connectivity index (χ1) is 26.6. The summed E-state index contributed by atoms with van der Waals surface area (Å²) in [6.45, 7) is 21.2. The Balaban J connectivity index is 1.62. The topological polar surface area (TPSA) is 143 Å². The first-order valence-electron chi connectivity index (χ1n) is 19.7. The summed E-state index contributed by atoms with van der Waals surface area (Å²) in [5.74, 6) is -2.78. The summed E-state index contributed by atoms with van der Waals surface area (Å²) in [7, 11) is 0. The Morgan fingerprint density at radius 2 is 1.42 bits per heavy atom. The monoisotopic (exact) mass is 802 g/mol. The fourth-order valence-corrected chi connectivity index (χ4v) is 7.08. The Hall–Kier alpha value is -4.74. The van der Waals surface area contributed by atoms with Gasteiger partial charge in [-0.3, -0.25) is 19.2 Å². The lowest BCUT2D eigenvalue weighted by atomic mass is 9.76. The molecule has 57 heavy (non-hydrogen) atoms. The zero-order chi connectivity index (χ0) is 42.6. The highest BCUT2D eigenvalue weighted by atomic mass is 35.5. The summed E-state index contributed by atoms with van der Waals surface area (Å²) in [5, 5.41) is 8.09. The molecule has 0 bridgehead atoms. The van der Waals surface area contributed by atoms with Crippen LogP contribution in [0, 0.1) is 5.41 Å². The molecule has 1 saturated heterocycles. The number of rotatable bonds is 17. The Kier molecular flexibility index (Phi) is 13.7. The number of hydrogen-bond donors (Lipinski definition) is 3. The lowest BCUT2D eigenvalue weighted by Gasteiger charge is -2.36. The third-order valence-electron chi connectivity index (χ3n) is 10.9. The summed E-state index contributed by atoms with van der Waals surface area (Å²) in [6.07, 6.45) is 1.28. The van der Waals surface area contributed by atoms with E-state index in [-0.39, 0.29) is 29.5 Å². The molecule has 308 valence electrons. The molecule has 5 amide bonds. The molecule has 0 aliphatic carbocycles. The normalized spacial score (nSPS) is 17.7. The molecule has 1 fully saturated rings. The van der Waals surface area contributed by atoms with E-state index in [1.807, 2.05) is 19.1 Å². The van der Waals surface area contributed by atoms with Gasteiger partial charge in [0.1, 0.15) is 5.75 Å². The Bertz CT molecular complexity index is 1980. The highest BCUT2D eigenvalue weighted by Crippen LogP contribution is 2.40. The number of ketones is 1. The number of ether oxygens (including phenoxy) is 2. The maximum absolute atomic E-state index is 14.3. The van der Waals surface area contributed by atoms with Gasteiger partial charge in [0, 0.05) is 35.4 Å². The highest BCUT2D eigenvalue weighted by Gasteiger charge is 2.65. The third kappa shape index (κ3) is 9.53. The molecule has 0 aromatic heterocycles. The molecule has 3 aromatic carbocycles. The van der Waals surface area contributed by atoms with Crippen LogP contribution in [0.3, 0.4) is 0 Å². The highest BCUT2D eigenvalue weighted by molar-refractivity contribution is 6.50. The fourth-order valence-electron chi connectivity index (χ4n) is 6.60. The zero-order valence-electron chi connectivity index (χ0n) is 35.2. The quantitative estimate of drug-likeness (QED) is 0.0536. The number of urea groups is 1. The minimum absolute atomic E-state index is 0.0327. The van der Waals surface area contributed by atoms with Gasteiger partial charge in [-0.25, -0.2) is 9.69 Å². The van der Waals surface area contributed by atoms with Crippen LogP contribution in [0.1, 0.15) is 112 Å². The number of amides is 5. The van der Waals surface area contributed by atoms with E-state index in [0.29, 0.717) is 28.3 Å². The Morgan fingerprint density at radius 3 is 1.98 bits per heavy atom. The summed E-state index contributed by atoms with van der Waals surface area (Å²) in [5.41, 5.74) is -0.0819. The number of Topliss-reactive ketones (excluding diaryl/α,β-unsaturated/α-hetero) is 1. The molecular formula is C45H59ClN4O7. The van der Waals surface area contributed by atoms with E-state index in [4.69, 9.17) is 21.1 Å². The van der Waals surface area contributed by atoms with Crippen LogP contribution in [0.5, 0.6) is 5.75 Å². The Morgan fingerprint density at radius 1 is 0.807 bits per heavy atom. The molecule has 4 rings (SSSR count). The first kappa shape index (κ1) is 45.0. The van der Waals surface area contributed by atoms with E-state index in [1.165, 1.54) is 38.5 Å². The van der Waals surface area contributed by atoms with Crippen LogP contribution in [-0.2, 0) is 41.2 Å². The van der Waals surface area contributed by atoms with Crippen molar-refractivity contribution in [3.8, 4) is 5.75 Å². The number of anilines is 2. The number of carbonyl (C=O) groups excluding carboxylic acids is 5. The van der Waals surface area contributed by atoms with Gasteiger partial charge in [-0.1, -0.05) is 129 Å². The first-order valence-corrected chi connectivity index (χ1v) is 20.1. The van der Waals surface area contributed by atoms with Crippen molar-refractivity contribution in [2.45, 2.75) is 130 Å². The number of hydrogen-bond acceptors (Lipinski definition) is 7. The summed E-state index contributed by atoms with van der Waals surface area (Å²) in [6, 6.07) is 20.3. The van der Waals surface area contributed by atoms with Gasteiger partial charge in [-0.05, 0) is 72.4 Å². The minimum atomic E-state index is -2.82. The predicted octanol–water partition coefficient (Wildman–Crippen LogP) is 8.87. The van der Waals surface area contributed by atoms with Crippen molar-refractivity contribution in [3.05, 3.63) is 89.5 Å². The third-order valence-corrected chi connectivity index (χ3v) is 11.4. The van der Waals surface area contributed by atoms with Crippen molar-refractivity contribution in [2.24, 2.45) is 5.41 Å². The minimum Gasteiger partial charge on any atom is -0.480 e. The number of carbonyl (C=O) groups is 5. The number of nitrogens with zero attached hydrogens (tertiary/aromatic N) is 1. The number of alkyl halides is 1. The van der Waals surface area contributed by atoms with Crippen LogP contribution in [0.15, 0.2) is 72.8 Å². The standard InChI is InChI=1S/C45H59ClN4O7/c1-12-34(57-35-25-24-30(42(8,9)13-2)26-33(35)43(10,11)14-3)36(51)47-31-22-19-23-32(27-31)48-38(53)45(46,37(52)41(5,6)7)50-39(54)44(56-15-4,49-40(50)55)28-29-20-17-16-18-21-29/h16-27,34H,12-15,28H2,1-11H3,(H,47,51)(H,48,53)(H,49,55). The van der Waals surface area contributed by atoms with Gasteiger partial charge >= 0.3 is 6.03 Å². The van der Waals surface area contributed by atoms with Crippen molar-refractivity contribution < 1.29 is 33.4 Å². The van der Waals surface area contributed by atoms with E-state index < -0.39 is 51.8 Å². The molecule has 1 aliphatic rings. The number of halogens is 1. The van der Waals surface area contributed by atoms with Crippen LogP contribution in [0.4, 0.5) is 16.2 Å². The number of benzene rings is 3. The maximum Gasteiger partial charge on any atom is 0.329 e. The second-order valence-electron chi connectivity index (χ2n) is 16.9. The van der Waals surface area contributed by atoms with Gasteiger partial charge in [-0.15, -0.1) is 0 Å². The van der Waals surface area contributed by atoms with Gasteiger partial charge < -0.3 is 25.4 Å². The fraction of sp³-hybridized carbons (Fsp3) is 0.489. The molecule has 3 unspecified atom stereocenters. The van der Waals surface area contributed by atoms with Crippen molar-refractivity contribution >= 4 is 52.5 Å². The molecule has 0 saturated carbocycles. The largest absolute Gasteiger partial charge is 0.480 e. The van der Waals surface area contributed by atoms with Crippen LogP contribution >= 0.6 is 11.6 Å². The van der Waals surface area contributed by atoms with E-state index in [1.54, 1.807) is 43.3 Å². The predicted molar refractivity (Wildman–Crippen MR) is 224 cm³/mol. The average molecular weight is 803 g/mol. The molecule has 11 nitrogen and oxygen atoms in total. The average Bonchev–Trinajstić information content (AvgIpc) is 3.40. The van der Waals surface area contributed by atoms with E-state index in [9.17, 15) is 24.0 Å².